The van der Waals surface area contributed by atoms with Gasteiger partial charge >= 0.3 is 0 Å². The molecule has 0 aromatic carbocycles. The van der Waals surface area contributed by atoms with Gasteiger partial charge in [-0.05, 0) is 99.7 Å². The van der Waals surface area contributed by atoms with Crippen molar-refractivity contribution in [2.24, 2.45) is 40.9 Å². The van der Waals surface area contributed by atoms with Crippen molar-refractivity contribution in [1.82, 2.24) is 0 Å². The van der Waals surface area contributed by atoms with E-state index < -0.39 is 5.60 Å². The summed E-state index contributed by atoms with van der Waals surface area (Å²) in [6.45, 7) is 4.48. The van der Waals surface area contributed by atoms with Crippen LogP contribution in [0.4, 0.5) is 0 Å². The van der Waals surface area contributed by atoms with E-state index in [-0.39, 0.29) is 5.41 Å². The maximum absolute atomic E-state index is 12.5. The van der Waals surface area contributed by atoms with Gasteiger partial charge in [-0.2, -0.15) is 0 Å². The number of hydrogen-bond donors (Lipinski definition) is 1. The lowest BCUT2D eigenvalue weighted by molar-refractivity contribution is -0.129. The molecule has 8 atom stereocenters. The number of halogens is 1. The quantitative estimate of drug-likeness (QED) is 0.668. The molecule has 0 saturated heterocycles. The fraction of sp³-hybridized carbons (Fsp3) is 0.952. The van der Waals surface area contributed by atoms with Gasteiger partial charge in [0.05, 0.1) is 10.9 Å². The van der Waals surface area contributed by atoms with Crippen molar-refractivity contribution < 1.29 is 9.90 Å². The van der Waals surface area contributed by atoms with Crippen molar-refractivity contribution in [1.29, 1.82) is 0 Å². The highest BCUT2D eigenvalue weighted by molar-refractivity contribution is 9.09. The lowest BCUT2D eigenvalue weighted by Gasteiger charge is -2.56. The summed E-state index contributed by atoms with van der Waals surface area (Å²) in [6.07, 6.45) is 10.9. The topological polar surface area (TPSA) is 37.3 Å². The monoisotopic (exact) mass is 396 g/mol. The first-order valence-corrected chi connectivity index (χ1v) is 11.3. The lowest BCUT2D eigenvalue weighted by Crippen LogP contribution is -2.51. The smallest absolute Gasteiger partial charge is 0.147 e. The van der Waals surface area contributed by atoms with Gasteiger partial charge in [-0.15, -0.1) is 0 Å². The second kappa shape index (κ2) is 6.08. The van der Waals surface area contributed by atoms with Crippen LogP contribution in [0.2, 0.25) is 0 Å². The molecule has 2 nitrogen and oxygen atoms in total. The van der Waals surface area contributed by atoms with E-state index in [0.29, 0.717) is 17.0 Å². The molecule has 3 heteroatoms. The van der Waals surface area contributed by atoms with Gasteiger partial charge in [0.1, 0.15) is 5.78 Å². The number of fused-ring (bicyclic) bond motifs is 5. The molecule has 1 N–H and O–H groups in total. The van der Waals surface area contributed by atoms with Crippen LogP contribution in [0.1, 0.15) is 71.6 Å². The number of hydrogen-bond acceptors (Lipinski definition) is 2. The van der Waals surface area contributed by atoms with E-state index in [0.717, 1.165) is 48.9 Å². The predicted octanol–water partition coefficient (Wildman–Crippen LogP) is 4.97. The Bertz CT molecular complexity index is 516. The summed E-state index contributed by atoms with van der Waals surface area (Å²) in [7, 11) is 0. The predicted molar refractivity (Wildman–Crippen MR) is 100 cm³/mol. The SMILES string of the molecule is C[C@@]1(O)CC[C@H]2C(CC[C@@H]3C2CC[C@@]2(C)C3CC[C@@H]2C(=O)CBr)C1. The van der Waals surface area contributed by atoms with Crippen LogP contribution in [0.5, 0.6) is 0 Å². The second-order valence-corrected chi connectivity index (χ2v) is 10.5. The van der Waals surface area contributed by atoms with Gasteiger partial charge in [0.15, 0.2) is 0 Å². The molecule has 4 saturated carbocycles. The number of ketones is 1. The number of Topliss-reactive ketones (excluding diaryl/α,β-unsaturated/α-hetero) is 1. The average molecular weight is 397 g/mol. The third-order valence-corrected chi connectivity index (χ3v) is 9.31. The molecule has 0 amide bonds. The van der Waals surface area contributed by atoms with Crippen molar-refractivity contribution in [2.75, 3.05) is 5.33 Å². The molecule has 4 rings (SSSR count). The van der Waals surface area contributed by atoms with Gasteiger partial charge in [-0.1, -0.05) is 22.9 Å². The zero-order chi connectivity index (χ0) is 17.1. The molecule has 136 valence electrons. The van der Waals surface area contributed by atoms with Crippen molar-refractivity contribution in [3.05, 3.63) is 0 Å². The Morgan fingerprint density at radius 3 is 2.50 bits per heavy atom. The van der Waals surface area contributed by atoms with Crippen molar-refractivity contribution >= 4 is 21.7 Å². The Labute approximate surface area is 155 Å². The summed E-state index contributed by atoms with van der Waals surface area (Å²) >= 11 is 3.42. The molecule has 24 heavy (non-hydrogen) atoms. The Morgan fingerprint density at radius 1 is 1.00 bits per heavy atom. The molecule has 0 aromatic heterocycles. The molecule has 0 aromatic rings. The molecule has 4 aliphatic rings. The summed E-state index contributed by atoms with van der Waals surface area (Å²) < 4.78 is 0. The largest absolute Gasteiger partial charge is 0.390 e. The summed E-state index contributed by atoms with van der Waals surface area (Å²) in [5, 5.41) is 11.0. The average Bonchev–Trinajstić information content (AvgIpc) is 2.90. The van der Waals surface area contributed by atoms with Gasteiger partial charge in [0, 0.05) is 5.92 Å². The third-order valence-electron chi connectivity index (χ3n) is 8.76. The molecule has 0 spiro atoms. The molecular formula is C21H33BrO2. The highest BCUT2D eigenvalue weighted by atomic mass is 79.9. The van der Waals surface area contributed by atoms with Gasteiger partial charge in [0.25, 0.3) is 0 Å². The maximum Gasteiger partial charge on any atom is 0.147 e. The van der Waals surface area contributed by atoms with E-state index in [1.165, 1.54) is 38.5 Å². The number of aliphatic hydroxyl groups is 1. The first-order chi connectivity index (χ1) is 11.4. The number of carbonyl (C=O) groups excluding carboxylic acids is 1. The third kappa shape index (κ3) is 2.64. The normalized spacial score (nSPS) is 53.8. The van der Waals surface area contributed by atoms with Crippen LogP contribution < -0.4 is 0 Å². The molecule has 4 aliphatic carbocycles. The minimum atomic E-state index is -0.419. The molecule has 0 aliphatic heterocycles. The van der Waals surface area contributed by atoms with Gasteiger partial charge in [-0.25, -0.2) is 0 Å². The number of alkyl halides is 1. The molecule has 4 fully saturated rings. The zero-order valence-corrected chi connectivity index (χ0v) is 16.9. The summed E-state index contributed by atoms with van der Waals surface area (Å²) in [5.41, 5.74) is -0.156. The van der Waals surface area contributed by atoms with Crippen LogP contribution in [-0.4, -0.2) is 21.8 Å². The van der Waals surface area contributed by atoms with E-state index in [2.05, 4.69) is 22.9 Å². The maximum atomic E-state index is 12.5. The van der Waals surface area contributed by atoms with Gasteiger partial charge in [-0.3, -0.25) is 4.79 Å². The molecule has 3 unspecified atom stereocenters. The van der Waals surface area contributed by atoms with Crippen LogP contribution in [0.15, 0.2) is 0 Å². The minimum Gasteiger partial charge on any atom is -0.390 e. The van der Waals surface area contributed by atoms with Gasteiger partial charge < -0.3 is 5.11 Å². The molecule has 0 radical (unpaired) electrons. The first-order valence-electron chi connectivity index (χ1n) is 10.2. The highest BCUT2D eigenvalue weighted by Gasteiger charge is 2.58. The van der Waals surface area contributed by atoms with Gasteiger partial charge in [0.2, 0.25) is 0 Å². The van der Waals surface area contributed by atoms with Crippen molar-refractivity contribution in [3.8, 4) is 0 Å². The second-order valence-electron chi connectivity index (χ2n) is 9.95. The summed E-state index contributed by atoms with van der Waals surface area (Å²) in [5.74, 6) is 4.83. The number of carbonyl (C=O) groups is 1. The van der Waals surface area contributed by atoms with Crippen LogP contribution in [0.3, 0.4) is 0 Å². The fourth-order valence-corrected chi connectivity index (χ4v) is 8.09. The van der Waals surface area contributed by atoms with E-state index >= 15 is 0 Å². The standard InChI is InChI=1S/C21H33BrO2/c1-20(24)9-7-14-13(11-20)3-4-16-15(14)8-10-21(2)17(16)5-6-18(21)19(23)12-22/h13-18,24H,3-12H2,1-2H3/t13?,14-,15?,16+,17?,18+,20+,21-/m0/s1. The molecule has 0 bridgehead atoms. The van der Waals surface area contributed by atoms with Crippen LogP contribution in [0, 0.1) is 40.9 Å². The molecule has 0 heterocycles. The Morgan fingerprint density at radius 2 is 1.75 bits per heavy atom. The lowest BCUT2D eigenvalue weighted by atomic mass is 9.49. The number of rotatable bonds is 2. The van der Waals surface area contributed by atoms with Crippen molar-refractivity contribution in [3.63, 3.8) is 0 Å². The Balaban J connectivity index is 1.54. The van der Waals surface area contributed by atoms with E-state index in [9.17, 15) is 9.90 Å². The summed E-state index contributed by atoms with van der Waals surface area (Å²) in [4.78, 5) is 12.5. The Kier molecular flexibility index (Phi) is 4.44. The summed E-state index contributed by atoms with van der Waals surface area (Å²) in [6, 6.07) is 0. The fourth-order valence-electron chi connectivity index (χ4n) is 7.70. The van der Waals surface area contributed by atoms with E-state index in [1.54, 1.807) is 0 Å². The zero-order valence-electron chi connectivity index (χ0n) is 15.3. The van der Waals surface area contributed by atoms with Crippen LogP contribution in [0.25, 0.3) is 0 Å². The highest BCUT2D eigenvalue weighted by Crippen LogP contribution is 2.64. The first kappa shape index (κ1) is 17.5. The van der Waals surface area contributed by atoms with E-state index in [4.69, 9.17) is 0 Å². The van der Waals surface area contributed by atoms with E-state index in [1.807, 2.05) is 6.92 Å². The van der Waals surface area contributed by atoms with Crippen LogP contribution in [-0.2, 0) is 4.79 Å². The minimum absolute atomic E-state index is 0.263. The molecular weight excluding hydrogens is 364 g/mol. The van der Waals surface area contributed by atoms with Crippen molar-refractivity contribution in [2.45, 2.75) is 77.2 Å². The van der Waals surface area contributed by atoms with Crippen LogP contribution >= 0.6 is 15.9 Å². The Hall–Kier alpha value is 0.110.